The molecule has 68 valence electrons. The average molecular weight is 177 g/mol. The van der Waals surface area contributed by atoms with Crippen LogP contribution in [0.25, 0.3) is 0 Å². The molecule has 0 radical (unpaired) electrons. The van der Waals surface area contributed by atoms with Crippen molar-refractivity contribution in [3.8, 4) is 5.75 Å². The molecule has 1 aliphatic rings. The Morgan fingerprint density at radius 1 is 1.54 bits per heavy atom. The third-order valence-electron chi connectivity index (χ3n) is 2.01. The SMILES string of the molecule is CCOc1ccc2c(c1)CC(=O)N2. The zero-order valence-corrected chi connectivity index (χ0v) is 7.46. The fourth-order valence-corrected chi connectivity index (χ4v) is 1.46. The molecule has 1 heterocycles. The van der Waals surface area contributed by atoms with Crippen molar-refractivity contribution in [3.63, 3.8) is 0 Å². The van der Waals surface area contributed by atoms with Crippen molar-refractivity contribution in [2.24, 2.45) is 0 Å². The second-order valence-electron chi connectivity index (χ2n) is 2.98. The summed E-state index contributed by atoms with van der Waals surface area (Å²) < 4.78 is 5.33. The van der Waals surface area contributed by atoms with Gasteiger partial charge in [-0.1, -0.05) is 0 Å². The summed E-state index contributed by atoms with van der Waals surface area (Å²) in [4.78, 5) is 11.0. The van der Waals surface area contributed by atoms with Gasteiger partial charge in [-0.25, -0.2) is 0 Å². The van der Waals surface area contributed by atoms with Crippen molar-refractivity contribution in [2.45, 2.75) is 13.3 Å². The Hall–Kier alpha value is -1.51. The zero-order valence-electron chi connectivity index (χ0n) is 7.46. The predicted octanol–water partition coefficient (Wildman–Crippen LogP) is 1.58. The molecule has 2 rings (SSSR count). The van der Waals surface area contributed by atoms with Crippen LogP contribution in [-0.4, -0.2) is 12.5 Å². The second-order valence-corrected chi connectivity index (χ2v) is 2.98. The van der Waals surface area contributed by atoms with E-state index in [1.807, 2.05) is 25.1 Å². The molecule has 0 fully saturated rings. The van der Waals surface area contributed by atoms with E-state index < -0.39 is 0 Å². The van der Waals surface area contributed by atoms with E-state index >= 15 is 0 Å². The normalized spacial score (nSPS) is 13.8. The minimum Gasteiger partial charge on any atom is -0.494 e. The molecule has 13 heavy (non-hydrogen) atoms. The lowest BCUT2D eigenvalue weighted by Crippen LogP contribution is -2.03. The maximum Gasteiger partial charge on any atom is 0.228 e. The molecule has 1 aliphatic heterocycles. The molecule has 3 heteroatoms. The first-order valence-electron chi connectivity index (χ1n) is 4.35. The van der Waals surface area contributed by atoms with Gasteiger partial charge in [-0.2, -0.15) is 0 Å². The molecule has 1 N–H and O–H groups in total. The summed E-state index contributed by atoms with van der Waals surface area (Å²) in [5, 5.41) is 2.77. The third kappa shape index (κ3) is 1.49. The standard InChI is InChI=1S/C10H11NO2/c1-2-13-8-3-4-9-7(5-8)6-10(12)11-9/h3-5H,2,6H2,1H3,(H,11,12). The van der Waals surface area contributed by atoms with E-state index in [1.165, 1.54) is 0 Å². The smallest absolute Gasteiger partial charge is 0.228 e. The Kier molecular flexibility index (Phi) is 1.93. The fraction of sp³-hybridized carbons (Fsp3) is 0.300. The highest BCUT2D eigenvalue weighted by Gasteiger charge is 2.17. The molecular weight excluding hydrogens is 166 g/mol. The summed E-state index contributed by atoms with van der Waals surface area (Å²) in [7, 11) is 0. The highest BCUT2D eigenvalue weighted by atomic mass is 16.5. The summed E-state index contributed by atoms with van der Waals surface area (Å²) >= 11 is 0. The number of amides is 1. The topological polar surface area (TPSA) is 38.3 Å². The van der Waals surface area contributed by atoms with E-state index in [0.717, 1.165) is 17.0 Å². The van der Waals surface area contributed by atoms with Crippen molar-refractivity contribution in [2.75, 3.05) is 11.9 Å². The van der Waals surface area contributed by atoms with Gasteiger partial charge in [0.25, 0.3) is 0 Å². The summed E-state index contributed by atoms with van der Waals surface area (Å²) in [6, 6.07) is 5.66. The van der Waals surface area contributed by atoms with Gasteiger partial charge >= 0.3 is 0 Å². The highest BCUT2D eigenvalue weighted by molar-refractivity contribution is 5.99. The maximum absolute atomic E-state index is 11.0. The van der Waals surface area contributed by atoms with Crippen molar-refractivity contribution < 1.29 is 9.53 Å². The molecule has 0 unspecified atom stereocenters. The van der Waals surface area contributed by atoms with Crippen molar-refractivity contribution >= 4 is 11.6 Å². The summed E-state index contributed by atoms with van der Waals surface area (Å²) in [6.45, 7) is 2.59. The number of anilines is 1. The van der Waals surface area contributed by atoms with Crippen LogP contribution in [0.2, 0.25) is 0 Å². The summed E-state index contributed by atoms with van der Waals surface area (Å²) in [6.07, 6.45) is 0.468. The number of benzene rings is 1. The average Bonchev–Trinajstić information content (AvgIpc) is 2.44. The van der Waals surface area contributed by atoms with E-state index in [-0.39, 0.29) is 5.91 Å². The minimum atomic E-state index is 0.0589. The van der Waals surface area contributed by atoms with Crippen LogP contribution >= 0.6 is 0 Å². The van der Waals surface area contributed by atoms with E-state index in [9.17, 15) is 4.79 Å². The van der Waals surface area contributed by atoms with Crippen LogP contribution in [0.1, 0.15) is 12.5 Å². The van der Waals surface area contributed by atoms with Crippen LogP contribution in [-0.2, 0) is 11.2 Å². The molecule has 0 spiro atoms. The summed E-state index contributed by atoms with van der Waals surface area (Å²) in [5.74, 6) is 0.890. The maximum atomic E-state index is 11.0. The number of carbonyl (C=O) groups is 1. The van der Waals surface area contributed by atoms with Crippen molar-refractivity contribution in [3.05, 3.63) is 23.8 Å². The van der Waals surface area contributed by atoms with Gasteiger partial charge in [0.15, 0.2) is 0 Å². The molecule has 0 saturated carbocycles. The van der Waals surface area contributed by atoms with Gasteiger partial charge in [-0.15, -0.1) is 0 Å². The number of hydrogen-bond donors (Lipinski definition) is 1. The Labute approximate surface area is 76.7 Å². The molecule has 0 atom stereocenters. The third-order valence-corrected chi connectivity index (χ3v) is 2.01. The first kappa shape index (κ1) is 8.10. The van der Waals surface area contributed by atoms with Crippen LogP contribution < -0.4 is 10.1 Å². The van der Waals surface area contributed by atoms with Gasteiger partial charge in [-0.3, -0.25) is 4.79 Å². The largest absolute Gasteiger partial charge is 0.494 e. The lowest BCUT2D eigenvalue weighted by Gasteiger charge is -2.04. The van der Waals surface area contributed by atoms with E-state index in [4.69, 9.17) is 4.74 Å². The van der Waals surface area contributed by atoms with Crippen LogP contribution in [0.15, 0.2) is 18.2 Å². The molecule has 0 aliphatic carbocycles. The number of rotatable bonds is 2. The quantitative estimate of drug-likeness (QED) is 0.744. The Morgan fingerprint density at radius 2 is 2.38 bits per heavy atom. The van der Waals surface area contributed by atoms with Gasteiger partial charge in [0, 0.05) is 5.69 Å². The molecule has 0 aromatic heterocycles. The molecule has 1 aromatic carbocycles. The number of carbonyl (C=O) groups excluding carboxylic acids is 1. The minimum absolute atomic E-state index is 0.0589. The van der Waals surface area contributed by atoms with Crippen LogP contribution in [0.3, 0.4) is 0 Å². The Morgan fingerprint density at radius 3 is 3.15 bits per heavy atom. The number of hydrogen-bond acceptors (Lipinski definition) is 2. The lowest BCUT2D eigenvalue weighted by molar-refractivity contribution is -0.115. The van der Waals surface area contributed by atoms with Crippen LogP contribution in [0.5, 0.6) is 5.75 Å². The predicted molar refractivity (Wildman–Crippen MR) is 49.9 cm³/mol. The fourth-order valence-electron chi connectivity index (χ4n) is 1.46. The highest BCUT2D eigenvalue weighted by Crippen LogP contribution is 2.26. The van der Waals surface area contributed by atoms with Gasteiger partial charge in [0.2, 0.25) is 5.91 Å². The van der Waals surface area contributed by atoms with E-state index in [2.05, 4.69) is 5.32 Å². The first-order valence-corrected chi connectivity index (χ1v) is 4.35. The lowest BCUT2D eigenvalue weighted by atomic mass is 10.1. The molecular formula is C10H11NO2. The van der Waals surface area contributed by atoms with Crippen LogP contribution in [0.4, 0.5) is 5.69 Å². The number of fused-ring (bicyclic) bond motifs is 1. The first-order chi connectivity index (χ1) is 6.29. The Balaban J connectivity index is 2.29. The Bertz CT molecular complexity index is 347. The van der Waals surface area contributed by atoms with Gasteiger partial charge in [0.05, 0.1) is 13.0 Å². The molecule has 0 bridgehead atoms. The van der Waals surface area contributed by atoms with Crippen molar-refractivity contribution in [1.29, 1.82) is 0 Å². The summed E-state index contributed by atoms with van der Waals surface area (Å²) in [5.41, 5.74) is 1.93. The monoisotopic (exact) mass is 177 g/mol. The van der Waals surface area contributed by atoms with Gasteiger partial charge in [0.1, 0.15) is 5.75 Å². The number of nitrogens with one attached hydrogen (secondary N) is 1. The van der Waals surface area contributed by atoms with Gasteiger partial charge in [-0.05, 0) is 30.7 Å². The van der Waals surface area contributed by atoms with E-state index in [0.29, 0.717) is 13.0 Å². The number of ether oxygens (including phenoxy) is 1. The van der Waals surface area contributed by atoms with Crippen molar-refractivity contribution in [1.82, 2.24) is 0 Å². The van der Waals surface area contributed by atoms with Crippen LogP contribution in [0, 0.1) is 0 Å². The zero-order chi connectivity index (χ0) is 9.26. The molecule has 1 amide bonds. The molecule has 1 aromatic rings. The second kappa shape index (κ2) is 3.09. The molecule has 3 nitrogen and oxygen atoms in total. The van der Waals surface area contributed by atoms with E-state index in [1.54, 1.807) is 0 Å². The molecule has 0 saturated heterocycles. The van der Waals surface area contributed by atoms with Gasteiger partial charge < -0.3 is 10.1 Å².